The van der Waals surface area contributed by atoms with Crippen LogP contribution in [0.4, 0.5) is 0 Å². The Bertz CT molecular complexity index is 426. The summed E-state index contributed by atoms with van der Waals surface area (Å²) < 4.78 is 0. The highest BCUT2D eigenvalue weighted by molar-refractivity contribution is 7.99. The normalized spacial score (nSPS) is 19.6. The first-order chi connectivity index (χ1) is 7.98. The van der Waals surface area contributed by atoms with Gasteiger partial charge in [0.2, 0.25) is 5.91 Å². The number of fused-ring (bicyclic) bond motifs is 1. The van der Waals surface area contributed by atoms with Crippen LogP contribution in [0.5, 0.6) is 0 Å². The molecule has 0 aliphatic carbocycles. The molecule has 0 spiro atoms. The van der Waals surface area contributed by atoms with E-state index in [1.807, 2.05) is 23.9 Å². The molecule has 17 heavy (non-hydrogen) atoms. The first-order valence-corrected chi connectivity index (χ1v) is 6.78. The minimum Gasteiger partial charge on any atom is -0.348 e. The fraction of sp³-hybridized carbons (Fsp3) is 0.462. The standard InChI is InChI=1S/C13H18N2OS/c1-13(2,14)12(16)15-10-7-8-17-11-6-4-3-5-9(10)11/h3-6,10H,7-8,14H2,1-2H3,(H,15,16). The van der Waals surface area contributed by atoms with E-state index >= 15 is 0 Å². The molecular weight excluding hydrogens is 232 g/mol. The van der Waals surface area contributed by atoms with Gasteiger partial charge in [-0.05, 0) is 31.9 Å². The predicted molar refractivity (Wildman–Crippen MR) is 70.9 cm³/mol. The van der Waals surface area contributed by atoms with Gasteiger partial charge in [-0.25, -0.2) is 0 Å². The van der Waals surface area contributed by atoms with Crippen LogP contribution in [0.25, 0.3) is 0 Å². The second-order valence-electron chi connectivity index (χ2n) is 4.92. The summed E-state index contributed by atoms with van der Waals surface area (Å²) in [5.41, 5.74) is 6.19. The van der Waals surface area contributed by atoms with Crippen LogP contribution in [0.15, 0.2) is 29.2 Å². The molecule has 3 N–H and O–H groups in total. The van der Waals surface area contributed by atoms with Crippen molar-refractivity contribution < 1.29 is 4.79 Å². The molecule has 4 heteroatoms. The van der Waals surface area contributed by atoms with Gasteiger partial charge < -0.3 is 11.1 Å². The molecular formula is C13H18N2OS. The molecule has 1 unspecified atom stereocenters. The fourth-order valence-corrected chi connectivity index (χ4v) is 2.96. The zero-order chi connectivity index (χ0) is 12.5. The molecule has 1 amide bonds. The molecule has 0 saturated heterocycles. The number of carbonyl (C=O) groups is 1. The van der Waals surface area contributed by atoms with Crippen molar-refractivity contribution in [2.75, 3.05) is 5.75 Å². The first-order valence-electron chi connectivity index (χ1n) is 5.80. The Kier molecular flexibility index (Phi) is 3.45. The molecule has 1 atom stereocenters. The van der Waals surface area contributed by atoms with Crippen molar-refractivity contribution in [2.45, 2.75) is 36.7 Å². The lowest BCUT2D eigenvalue weighted by molar-refractivity contribution is -0.126. The highest BCUT2D eigenvalue weighted by Gasteiger charge is 2.27. The number of carbonyl (C=O) groups excluding carboxylic acids is 1. The summed E-state index contributed by atoms with van der Waals surface area (Å²) in [6, 6.07) is 8.32. The van der Waals surface area contributed by atoms with Gasteiger partial charge in [0.05, 0.1) is 11.6 Å². The second-order valence-corrected chi connectivity index (χ2v) is 6.06. The van der Waals surface area contributed by atoms with Gasteiger partial charge in [0.15, 0.2) is 0 Å². The summed E-state index contributed by atoms with van der Waals surface area (Å²) in [6.07, 6.45) is 0.962. The number of hydrogen-bond acceptors (Lipinski definition) is 3. The summed E-state index contributed by atoms with van der Waals surface area (Å²) in [5.74, 6) is 0.941. The molecule has 0 radical (unpaired) electrons. The number of amides is 1. The maximum absolute atomic E-state index is 11.9. The van der Waals surface area contributed by atoms with Crippen LogP contribution >= 0.6 is 11.8 Å². The van der Waals surface area contributed by atoms with Crippen LogP contribution in [-0.2, 0) is 4.79 Å². The largest absolute Gasteiger partial charge is 0.348 e. The van der Waals surface area contributed by atoms with E-state index in [-0.39, 0.29) is 11.9 Å². The van der Waals surface area contributed by atoms with Crippen molar-refractivity contribution in [3.63, 3.8) is 0 Å². The fourth-order valence-electron chi connectivity index (χ4n) is 1.84. The molecule has 1 aromatic carbocycles. The van der Waals surface area contributed by atoms with Gasteiger partial charge in [-0.3, -0.25) is 4.79 Å². The SMILES string of the molecule is CC(C)(N)C(=O)NC1CCSc2ccccc21. The van der Waals surface area contributed by atoms with Gasteiger partial charge in [-0.1, -0.05) is 18.2 Å². The van der Waals surface area contributed by atoms with Gasteiger partial charge in [0.25, 0.3) is 0 Å². The number of thioether (sulfide) groups is 1. The molecule has 1 aliphatic heterocycles. The third-order valence-electron chi connectivity index (χ3n) is 2.85. The first kappa shape index (κ1) is 12.5. The molecule has 1 aliphatic rings. The quantitative estimate of drug-likeness (QED) is 0.845. The van der Waals surface area contributed by atoms with Gasteiger partial charge in [0, 0.05) is 10.6 Å². The predicted octanol–water partition coefficient (Wildman–Crippen LogP) is 2.08. The molecule has 0 saturated carbocycles. The van der Waals surface area contributed by atoms with E-state index < -0.39 is 5.54 Å². The van der Waals surface area contributed by atoms with Crippen LogP contribution < -0.4 is 11.1 Å². The molecule has 0 bridgehead atoms. The monoisotopic (exact) mass is 250 g/mol. The number of rotatable bonds is 2. The average molecular weight is 250 g/mol. The van der Waals surface area contributed by atoms with Gasteiger partial charge >= 0.3 is 0 Å². The second kappa shape index (κ2) is 4.70. The zero-order valence-electron chi connectivity index (χ0n) is 10.2. The van der Waals surface area contributed by atoms with Crippen molar-refractivity contribution in [1.29, 1.82) is 0 Å². The maximum Gasteiger partial charge on any atom is 0.239 e. The third-order valence-corrected chi connectivity index (χ3v) is 3.97. The van der Waals surface area contributed by atoms with Gasteiger partial charge in [0.1, 0.15) is 0 Å². The van der Waals surface area contributed by atoms with Gasteiger partial charge in [-0.2, -0.15) is 0 Å². The summed E-state index contributed by atoms with van der Waals surface area (Å²) in [5, 5.41) is 3.04. The topological polar surface area (TPSA) is 55.1 Å². The molecule has 1 aromatic rings. The minimum absolute atomic E-state index is 0.0933. The number of hydrogen-bond donors (Lipinski definition) is 2. The third kappa shape index (κ3) is 2.82. The van der Waals surface area contributed by atoms with Crippen molar-refractivity contribution in [2.24, 2.45) is 5.73 Å². The molecule has 92 valence electrons. The summed E-state index contributed by atoms with van der Waals surface area (Å²) in [4.78, 5) is 13.2. The lowest BCUT2D eigenvalue weighted by Crippen LogP contribution is -2.50. The highest BCUT2D eigenvalue weighted by atomic mass is 32.2. The van der Waals surface area contributed by atoms with E-state index in [2.05, 4.69) is 17.4 Å². The Hall–Kier alpha value is -1.00. The van der Waals surface area contributed by atoms with E-state index in [9.17, 15) is 4.79 Å². The van der Waals surface area contributed by atoms with Crippen LogP contribution in [0.3, 0.4) is 0 Å². The lowest BCUT2D eigenvalue weighted by Gasteiger charge is -2.28. The van der Waals surface area contributed by atoms with Crippen molar-refractivity contribution in [3.05, 3.63) is 29.8 Å². The molecule has 2 rings (SSSR count). The van der Waals surface area contributed by atoms with Crippen molar-refractivity contribution in [1.82, 2.24) is 5.32 Å². The summed E-state index contributed by atoms with van der Waals surface area (Å²) in [7, 11) is 0. The Morgan fingerprint density at radius 2 is 2.18 bits per heavy atom. The van der Waals surface area contributed by atoms with Crippen LogP contribution in [0, 0.1) is 0 Å². The molecule has 1 heterocycles. The zero-order valence-corrected chi connectivity index (χ0v) is 11.0. The van der Waals surface area contributed by atoms with Gasteiger partial charge in [-0.15, -0.1) is 11.8 Å². The van der Waals surface area contributed by atoms with Crippen LogP contribution in [0.1, 0.15) is 31.9 Å². The van der Waals surface area contributed by atoms with E-state index in [1.165, 1.54) is 10.5 Å². The van der Waals surface area contributed by atoms with E-state index in [0.717, 1.165) is 12.2 Å². The molecule has 3 nitrogen and oxygen atoms in total. The number of nitrogens with two attached hydrogens (primary N) is 1. The van der Waals surface area contributed by atoms with Crippen LogP contribution in [0.2, 0.25) is 0 Å². The smallest absolute Gasteiger partial charge is 0.239 e. The van der Waals surface area contributed by atoms with Crippen LogP contribution in [-0.4, -0.2) is 17.2 Å². The van der Waals surface area contributed by atoms with Crippen molar-refractivity contribution >= 4 is 17.7 Å². The Morgan fingerprint density at radius 3 is 2.88 bits per heavy atom. The highest BCUT2D eigenvalue weighted by Crippen LogP contribution is 2.35. The lowest BCUT2D eigenvalue weighted by atomic mass is 10.0. The van der Waals surface area contributed by atoms with E-state index in [1.54, 1.807) is 13.8 Å². The number of benzene rings is 1. The Morgan fingerprint density at radius 1 is 1.47 bits per heavy atom. The molecule has 0 aromatic heterocycles. The Balaban J connectivity index is 2.17. The van der Waals surface area contributed by atoms with Crippen molar-refractivity contribution in [3.8, 4) is 0 Å². The Labute approximate surface area is 106 Å². The number of nitrogens with one attached hydrogen (secondary N) is 1. The summed E-state index contributed by atoms with van der Waals surface area (Å²) in [6.45, 7) is 3.46. The average Bonchev–Trinajstić information content (AvgIpc) is 2.28. The van der Waals surface area contributed by atoms with E-state index in [0.29, 0.717) is 0 Å². The maximum atomic E-state index is 11.9. The molecule has 0 fully saturated rings. The van der Waals surface area contributed by atoms with E-state index in [4.69, 9.17) is 5.73 Å². The summed E-state index contributed by atoms with van der Waals surface area (Å²) >= 11 is 1.84. The minimum atomic E-state index is -0.820.